The van der Waals surface area contributed by atoms with Crippen LogP contribution in [0.3, 0.4) is 0 Å². The monoisotopic (exact) mass is 447 g/mol. The van der Waals surface area contributed by atoms with Crippen LogP contribution in [-0.4, -0.2) is 21.6 Å². The number of rotatable bonds is 3. The van der Waals surface area contributed by atoms with Gasteiger partial charge in [0.2, 0.25) is 0 Å². The molecule has 0 fully saturated rings. The van der Waals surface area contributed by atoms with E-state index in [1.807, 2.05) is 24.3 Å². The fourth-order valence-corrected chi connectivity index (χ4v) is 4.05. The Labute approximate surface area is 185 Å². The van der Waals surface area contributed by atoms with E-state index >= 15 is 0 Å². The highest BCUT2D eigenvalue weighted by atomic mass is 35.5. The van der Waals surface area contributed by atoms with Gasteiger partial charge >= 0.3 is 5.69 Å². The molecule has 3 aromatic carbocycles. The lowest BCUT2D eigenvalue weighted by molar-refractivity contribution is 0.387. The average Bonchev–Trinajstić information content (AvgIpc) is 2.79. The molecule has 5 rings (SSSR count). The van der Waals surface area contributed by atoms with Crippen LogP contribution in [-0.2, 0) is 0 Å². The number of methoxy groups -OCH3 is 1. The molecule has 158 valence electrons. The normalized spacial score (nSPS) is 11.2. The van der Waals surface area contributed by atoms with Crippen LogP contribution >= 0.6 is 11.6 Å². The molecule has 0 radical (unpaired) electrons. The van der Waals surface area contributed by atoms with Crippen LogP contribution < -0.4 is 16.0 Å². The van der Waals surface area contributed by atoms with Crippen molar-refractivity contribution in [3.05, 3.63) is 98.7 Å². The van der Waals surface area contributed by atoms with E-state index in [0.717, 1.165) is 21.4 Å². The number of ether oxygens (including phenoxy) is 1. The number of nitrogens with zero attached hydrogens (tertiary/aromatic N) is 2. The zero-order valence-electron chi connectivity index (χ0n) is 16.7. The third kappa shape index (κ3) is 3.14. The highest BCUT2D eigenvalue weighted by Gasteiger charge is 2.15. The molecule has 2 aromatic heterocycles. The Kier molecular flexibility index (Phi) is 4.75. The second-order valence-electron chi connectivity index (χ2n) is 7.18. The minimum atomic E-state index is -0.597. The van der Waals surface area contributed by atoms with Gasteiger partial charge in [-0.3, -0.25) is 9.78 Å². The number of hydrogen-bond donors (Lipinski definition) is 1. The molecule has 32 heavy (non-hydrogen) atoms. The van der Waals surface area contributed by atoms with Gasteiger partial charge in [-0.25, -0.2) is 13.8 Å². The summed E-state index contributed by atoms with van der Waals surface area (Å²) in [5, 5.41) is 2.04. The SMILES string of the molecule is COc1cc(-c2ccc3c(=O)n(-c4cncc5ccccc45)c(=O)[nH]c3c2)c(Cl)cc1F. The zero-order chi connectivity index (χ0) is 22.4. The van der Waals surface area contributed by atoms with Crippen LogP contribution in [0.25, 0.3) is 38.5 Å². The van der Waals surface area contributed by atoms with Crippen LogP contribution in [0.1, 0.15) is 0 Å². The summed E-state index contributed by atoms with van der Waals surface area (Å²) in [5.74, 6) is -0.543. The van der Waals surface area contributed by atoms with Crippen LogP contribution in [0, 0.1) is 5.82 Å². The maximum Gasteiger partial charge on any atom is 0.333 e. The third-order valence-electron chi connectivity index (χ3n) is 5.34. The molecule has 0 spiro atoms. The average molecular weight is 448 g/mol. The summed E-state index contributed by atoms with van der Waals surface area (Å²) in [6.45, 7) is 0. The first-order chi connectivity index (χ1) is 15.5. The van der Waals surface area contributed by atoms with Gasteiger partial charge in [0.25, 0.3) is 5.56 Å². The number of fused-ring (bicyclic) bond motifs is 2. The highest BCUT2D eigenvalue weighted by Crippen LogP contribution is 2.34. The Bertz CT molecular complexity index is 1640. The summed E-state index contributed by atoms with van der Waals surface area (Å²) >= 11 is 6.23. The number of nitrogens with one attached hydrogen (secondary N) is 1. The van der Waals surface area contributed by atoms with Crippen LogP contribution in [0.5, 0.6) is 5.75 Å². The number of pyridine rings is 1. The van der Waals surface area contributed by atoms with E-state index in [1.165, 1.54) is 19.4 Å². The lowest BCUT2D eigenvalue weighted by atomic mass is 10.0. The number of hydrogen-bond acceptors (Lipinski definition) is 4. The van der Waals surface area contributed by atoms with Crippen molar-refractivity contribution in [3.63, 3.8) is 0 Å². The van der Waals surface area contributed by atoms with E-state index in [9.17, 15) is 14.0 Å². The van der Waals surface area contributed by atoms with E-state index in [1.54, 1.807) is 24.4 Å². The molecule has 0 unspecified atom stereocenters. The molecule has 1 N–H and O–H groups in total. The van der Waals surface area contributed by atoms with Gasteiger partial charge in [0, 0.05) is 22.5 Å². The lowest BCUT2D eigenvalue weighted by Crippen LogP contribution is -2.33. The fraction of sp³-hybridized carbons (Fsp3) is 0.0417. The van der Waals surface area contributed by atoms with E-state index < -0.39 is 17.1 Å². The number of benzene rings is 3. The van der Waals surface area contributed by atoms with Gasteiger partial charge in [-0.15, -0.1) is 0 Å². The third-order valence-corrected chi connectivity index (χ3v) is 5.65. The topological polar surface area (TPSA) is 77.0 Å². The smallest absolute Gasteiger partial charge is 0.333 e. The first kappa shape index (κ1) is 20.0. The summed E-state index contributed by atoms with van der Waals surface area (Å²) in [4.78, 5) is 33.1. The molecular formula is C24H15ClFN3O3. The first-order valence-corrected chi connectivity index (χ1v) is 10.0. The first-order valence-electron chi connectivity index (χ1n) is 9.63. The number of aromatic nitrogens is 3. The summed E-state index contributed by atoms with van der Waals surface area (Å²) in [5.41, 5.74) is 0.764. The van der Waals surface area contributed by atoms with Crippen LogP contribution in [0.15, 0.2) is 76.6 Å². The molecular weight excluding hydrogens is 433 g/mol. The van der Waals surface area contributed by atoms with Crippen molar-refractivity contribution >= 4 is 33.3 Å². The molecule has 2 heterocycles. The van der Waals surface area contributed by atoms with E-state index in [4.69, 9.17) is 16.3 Å². The quantitative estimate of drug-likeness (QED) is 0.435. The van der Waals surface area contributed by atoms with Crippen molar-refractivity contribution < 1.29 is 9.13 Å². The second kappa shape index (κ2) is 7.62. The van der Waals surface area contributed by atoms with Crippen LogP contribution in [0.2, 0.25) is 5.02 Å². The highest BCUT2D eigenvalue weighted by molar-refractivity contribution is 6.33. The van der Waals surface area contributed by atoms with E-state index in [2.05, 4.69) is 9.97 Å². The van der Waals surface area contributed by atoms with Gasteiger partial charge in [-0.2, -0.15) is 0 Å². The molecule has 0 aliphatic rings. The maximum absolute atomic E-state index is 13.9. The van der Waals surface area contributed by atoms with Crippen LogP contribution in [0.4, 0.5) is 4.39 Å². The van der Waals surface area contributed by atoms with Crippen molar-refractivity contribution in [1.29, 1.82) is 0 Å². The second-order valence-corrected chi connectivity index (χ2v) is 7.58. The van der Waals surface area contributed by atoms with Crippen molar-refractivity contribution in [1.82, 2.24) is 14.5 Å². The number of aromatic amines is 1. The largest absolute Gasteiger partial charge is 0.494 e. The number of H-pyrrole nitrogens is 1. The van der Waals surface area contributed by atoms with Gasteiger partial charge in [0.05, 0.1) is 34.9 Å². The minimum Gasteiger partial charge on any atom is -0.494 e. The Hall–Kier alpha value is -3.97. The predicted molar refractivity (Wildman–Crippen MR) is 122 cm³/mol. The molecule has 0 aliphatic carbocycles. The van der Waals surface area contributed by atoms with E-state index in [-0.39, 0.29) is 10.8 Å². The van der Waals surface area contributed by atoms with Crippen molar-refractivity contribution in [2.45, 2.75) is 0 Å². The lowest BCUT2D eigenvalue weighted by Gasteiger charge is -2.11. The maximum atomic E-state index is 13.9. The molecule has 5 aromatic rings. The molecule has 0 aliphatic heterocycles. The summed E-state index contributed by atoms with van der Waals surface area (Å²) in [6.07, 6.45) is 3.16. The molecule has 0 amide bonds. The van der Waals surface area contributed by atoms with Gasteiger partial charge in [-0.1, -0.05) is 41.9 Å². The van der Waals surface area contributed by atoms with Crippen molar-refractivity contribution in [3.8, 4) is 22.6 Å². The minimum absolute atomic E-state index is 0.0388. The Morgan fingerprint density at radius 3 is 2.66 bits per heavy atom. The number of halogens is 2. The zero-order valence-corrected chi connectivity index (χ0v) is 17.5. The van der Waals surface area contributed by atoms with Crippen molar-refractivity contribution in [2.24, 2.45) is 0 Å². The summed E-state index contributed by atoms with van der Waals surface area (Å²) in [7, 11) is 1.36. The van der Waals surface area contributed by atoms with Crippen molar-refractivity contribution in [2.75, 3.05) is 7.11 Å². The molecule has 8 heteroatoms. The van der Waals surface area contributed by atoms with Gasteiger partial charge in [0.1, 0.15) is 0 Å². The Morgan fingerprint density at radius 2 is 1.84 bits per heavy atom. The molecule has 0 atom stereocenters. The van der Waals surface area contributed by atoms with E-state index in [0.29, 0.717) is 27.7 Å². The predicted octanol–water partition coefficient (Wildman–Crippen LogP) is 4.70. The van der Waals surface area contributed by atoms with Gasteiger partial charge in [0.15, 0.2) is 11.6 Å². The van der Waals surface area contributed by atoms with Gasteiger partial charge < -0.3 is 9.72 Å². The summed E-state index contributed by atoms with van der Waals surface area (Å²) < 4.78 is 20.0. The summed E-state index contributed by atoms with van der Waals surface area (Å²) in [6, 6.07) is 14.9. The standard InChI is InChI=1S/C24H15ClFN3O3/c1-32-22-9-17(18(25)10-19(22)26)13-6-7-16-20(8-13)28-24(31)29(23(16)30)21-12-27-11-14-4-2-3-5-15(14)21/h2-12H,1H3,(H,28,31). The Morgan fingerprint density at radius 1 is 1.03 bits per heavy atom. The van der Waals surface area contributed by atoms with Gasteiger partial charge in [-0.05, 0) is 29.8 Å². The molecule has 6 nitrogen and oxygen atoms in total. The Balaban J connectivity index is 1.73. The molecule has 0 saturated carbocycles. The fourth-order valence-electron chi connectivity index (χ4n) is 3.79. The molecule has 0 bridgehead atoms. The molecule has 0 saturated heterocycles.